The third-order valence-electron chi connectivity index (χ3n) is 5.37. The molecule has 0 aliphatic carbocycles. The zero-order valence-corrected chi connectivity index (χ0v) is 18.6. The van der Waals surface area contributed by atoms with E-state index in [1.165, 1.54) is 0 Å². The first-order valence-electron chi connectivity index (χ1n) is 10.6. The maximum atomic E-state index is 12.9. The average molecular weight is 427 g/mol. The largest absolute Gasteiger partial charge is 0.456 e. The van der Waals surface area contributed by atoms with Crippen LogP contribution in [-0.4, -0.2) is 33.6 Å². The van der Waals surface area contributed by atoms with Crippen molar-refractivity contribution in [2.45, 2.75) is 65.5 Å². The highest BCUT2D eigenvalue weighted by atomic mass is 16.5. The molecule has 2 aromatic rings. The summed E-state index contributed by atoms with van der Waals surface area (Å²) >= 11 is 0. The van der Waals surface area contributed by atoms with Gasteiger partial charge in [-0.25, -0.2) is 4.98 Å². The fourth-order valence-electron chi connectivity index (χ4n) is 3.01. The van der Waals surface area contributed by atoms with E-state index < -0.39 is 24.0 Å². The fraction of sp³-hybridized carbons (Fsp3) is 0.522. The number of aromatic nitrogens is 2. The molecule has 0 fully saturated rings. The van der Waals surface area contributed by atoms with Crippen LogP contribution in [0.4, 0.5) is 0 Å². The van der Waals surface area contributed by atoms with Crippen LogP contribution >= 0.6 is 0 Å². The summed E-state index contributed by atoms with van der Waals surface area (Å²) in [5.74, 6) is -1.25. The molecule has 0 unspecified atom stereocenters. The Balaban J connectivity index is 2.02. The SMILES string of the molecule is CCCCn1c(=O)c(CCC(=O)OCC(=O)N[C@](C)(C#N)C(C)C)nc2ccccc21. The number of nitrogens with one attached hydrogen (secondary N) is 1. The highest BCUT2D eigenvalue weighted by molar-refractivity contribution is 5.81. The molecule has 1 aromatic heterocycles. The zero-order chi connectivity index (χ0) is 23.0. The number of esters is 1. The quantitative estimate of drug-likeness (QED) is 0.584. The van der Waals surface area contributed by atoms with Crippen LogP contribution < -0.4 is 10.9 Å². The van der Waals surface area contributed by atoms with Crippen LogP contribution in [0.5, 0.6) is 0 Å². The van der Waals surface area contributed by atoms with Crippen LogP contribution in [0.2, 0.25) is 0 Å². The molecule has 0 saturated carbocycles. The zero-order valence-electron chi connectivity index (χ0n) is 18.6. The number of amides is 1. The van der Waals surface area contributed by atoms with E-state index in [0.29, 0.717) is 17.8 Å². The molecule has 1 aromatic carbocycles. The minimum atomic E-state index is -1.04. The van der Waals surface area contributed by atoms with Crippen molar-refractivity contribution in [3.05, 3.63) is 40.3 Å². The molecule has 0 aliphatic heterocycles. The third kappa shape index (κ3) is 6.14. The number of carbonyl (C=O) groups is 2. The maximum Gasteiger partial charge on any atom is 0.306 e. The van der Waals surface area contributed by atoms with Crippen molar-refractivity contribution < 1.29 is 14.3 Å². The molecule has 8 nitrogen and oxygen atoms in total. The molecule has 1 N–H and O–H groups in total. The number of fused-ring (bicyclic) bond motifs is 1. The molecule has 0 bridgehead atoms. The molecule has 2 rings (SSSR count). The molecule has 0 aliphatic rings. The highest BCUT2D eigenvalue weighted by Crippen LogP contribution is 2.15. The lowest BCUT2D eigenvalue weighted by molar-refractivity contribution is -0.149. The molecular weight excluding hydrogens is 396 g/mol. The molecule has 0 spiro atoms. The van der Waals surface area contributed by atoms with Crippen molar-refractivity contribution in [3.8, 4) is 6.07 Å². The number of para-hydroxylation sites is 2. The Morgan fingerprint density at radius 2 is 2.03 bits per heavy atom. The Labute approximate surface area is 182 Å². The summed E-state index contributed by atoms with van der Waals surface area (Å²) in [5, 5.41) is 11.8. The monoisotopic (exact) mass is 426 g/mol. The third-order valence-corrected chi connectivity index (χ3v) is 5.37. The minimum absolute atomic E-state index is 0.0681. The van der Waals surface area contributed by atoms with Crippen molar-refractivity contribution in [2.75, 3.05) is 6.61 Å². The van der Waals surface area contributed by atoms with E-state index in [9.17, 15) is 19.6 Å². The number of hydrogen-bond donors (Lipinski definition) is 1. The lowest BCUT2D eigenvalue weighted by Gasteiger charge is -2.27. The second-order valence-corrected chi connectivity index (χ2v) is 8.04. The predicted octanol–water partition coefficient (Wildman–Crippen LogP) is 2.73. The van der Waals surface area contributed by atoms with Crippen LogP contribution in [0.25, 0.3) is 11.0 Å². The van der Waals surface area contributed by atoms with Gasteiger partial charge in [-0.05, 0) is 31.4 Å². The topological polar surface area (TPSA) is 114 Å². The Kier molecular flexibility index (Phi) is 8.31. The summed E-state index contributed by atoms with van der Waals surface area (Å²) < 4.78 is 6.72. The molecule has 1 amide bonds. The number of ether oxygens (including phenoxy) is 1. The van der Waals surface area contributed by atoms with Gasteiger partial charge in [0.25, 0.3) is 11.5 Å². The lowest BCUT2D eigenvalue weighted by atomic mass is 9.90. The van der Waals surface area contributed by atoms with Gasteiger partial charge in [0, 0.05) is 13.0 Å². The van der Waals surface area contributed by atoms with Crippen molar-refractivity contribution in [1.29, 1.82) is 5.26 Å². The van der Waals surface area contributed by atoms with Crippen LogP contribution in [0.1, 0.15) is 52.7 Å². The first-order chi connectivity index (χ1) is 14.7. The van der Waals surface area contributed by atoms with Crippen LogP contribution in [-0.2, 0) is 27.3 Å². The molecule has 8 heteroatoms. The normalized spacial score (nSPS) is 12.9. The summed E-state index contributed by atoms with van der Waals surface area (Å²) in [6.45, 7) is 7.42. The number of carbonyl (C=O) groups excluding carboxylic acids is 2. The van der Waals surface area contributed by atoms with Gasteiger partial charge in [-0.3, -0.25) is 14.4 Å². The molecule has 166 valence electrons. The van der Waals surface area contributed by atoms with Crippen molar-refractivity contribution in [1.82, 2.24) is 14.9 Å². The lowest BCUT2D eigenvalue weighted by Crippen LogP contribution is -2.50. The second kappa shape index (κ2) is 10.7. The number of nitrogens with zero attached hydrogens (tertiary/aromatic N) is 3. The molecule has 1 heterocycles. The molecule has 0 saturated heterocycles. The predicted molar refractivity (Wildman–Crippen MR) is 117 cm³/mol. The Hall–Kier alpha value is -3.21. The summed E-state index contributed by atoms with van der Waals surface area (Å²) in [4.78, 5) is 41.5. The number of aryl methyl sites for hydroxylation is 2. The number of rotatable bonds is 10. The van der Waals surface area contributed by atoms with Crippen LogP contribution in [0.15, 0.2) is 29.1 Å². The van der Waals surface area contributed by atoms with Gasteiger partial charge in [-0.15, -0.1) is 0 Å². The van der Waals surface area contributed by atoms with Gasteiger partial charge < -0.3 is 14.6 Å². The first-order valence-corrected chi connectivity index (χ1v) is 10.6. The van der Waals surface area contributed by atoms with Gasteiger partial charge in [0.1, 0.15) is 11.2 Å². The summed E-state index contributed by atoms with van der Waals surface area (Å²) in [5.41, 5.74) is 0.523. The van der Waals surface area contributed by atoms with Crippen LogP contribution in [0.3, 0.4) is 0 Å². The number of nitriles is 1. The Bertz CT molecular complexity index is 1040. The molecular formula is C23H30N4O4. The van der Waals surface area contributed by atoms with E-state index in [1.807, 2.05) is 38.1 Å². The Morgan fingerprint density at radius 3 is 2.68 bits per heavy atom. The number of benzene rings is 1. The molecule has 31 heavy (non-hydrogen) atoms. The van der Waals surface area contributed by atoms with Gasteiger partial charge in [0.2, 0.25) is 0 Å². The molecule has 1 atom stereocenters. The first kappa shape index (κ1) is 24.1. The fourth-order valence-corrected chi connectivity index (χ4v) is 3.01. The number of unbranched alkanes of at least 4 members (excludes halogenated alkanes) is 1. The standard InChI is InChI=1S/C23H30N4O4/c1-5-6-13-27-19-10-8-7-9-17(19)25-18(22(27)30)11-12-21(29)31-14-20(28)26-23(4,15-24)16(2)3/h7-10,16H,5-6,11-14H2,1-4H3,(H,26,28)/t23-/m1/s1. The summed E-state index contributed by atoms with van der Waals surface area (Å²) in [6, 6.07) is 9.49. The van der Waals surface area contributed by atoms with E-state index >= 15 is 0 Å². The summed E-state index contributed by atoms with van der Waals surface area (Å²) in [7, 11) is 0. The van der Waals surface area contributed by atoms with E-state index in [4.69, 9.17) is 4.74 Å². The highest BCUT2D eigenvalue weighted by Gasteiger charge is 2.30. The smallest absolute Gasteiger partial charge is 0.306 e. The van der Waals surface area contributed by atoms with Gasteiger partial charge in [-0.2, -0.15) is 5.26 Å². The van der Waals surface area contributed by atoms with Crippen LogP contribution in [0, 0.1) is 17.2 Å². The Morgan fingerprint density at radius 1 is 1.32 bits per heavy atom. The van der Waals surface area contributed by atoms with Gasteiger partial charge in [0.05, 0.1) is 23.5 Å². The van der Waals surface area contributed by atoms with Crippen molar-refractivity contribution in [2.24, 2.45) is 5.92 Å². The molecule has 0 radical (unpaired) electrons. The number of hydrogen-bond acceptors (Lipinski definition) is 6. The maximum absolute atomic E-state index is 12.9. The van der Waals surface area contributed by atoms with Gasteiger partial charge >= 0.3 is 5.97 Å². The second-order valence-electron chi connectivity index (χ2n) is 8.04. The minimum Gasteiger partial charge on any atom is -0.456 e. The van der Waals surface area contributed by atoms with Crippen molar-refractivity contribution >= 4 is 22.9 Å². The summed E-state index contributed by atoms with van der Waals surface area (Å²) in [6.07, 6.45) is 1.87. The van der Waals surface area contributed by atoms with E-state index in [1.54, 1.807) is 11.5 Å². The van der Waals surface area contributed by atoms with E-state index in [2.05, 4.69) is 23.3 Å². The van der Waals surface area contributed by atoms with Gasteiger partial charge in [0.15, 0.2) is 6.61 Å². The van der Waals surface area contributed by atoms with E-state index in [-0.39, 0.29) is 24.3 Å². The van der Waals surface area contributed by atoms with Crippen molar-refractivity contribution in [3.63, 3.8) is 0 Å². The van der Waals surface area contributed by atoms with E-state index in [0.717, 1.165) is 18.4 Å². The van der Waals surface area contributed by atoms with Gasteiger partial charge in [-0.1, -0.05) is 39.3 Å². The average Bonchev–Trinajstić information content (AvgIpc) is 2.75.